The van der Waals surface area contributed by atoms with E-state index in [4.69, 9.17) is 0 Å². The van der Waals surface area contributed by atoms with Crippen LogP contribution in [0.1, 0.15) is 64.5 Å². The Balaban J connectivity index is 1.77. The Hall–Kier alpha value is -2.13. The number of amides is 1. The molecule has 2 unspecified atom stereocenters. The van der Waals surface area contributed by atoms with Gasteiger partial charge in [0.1, 0.15) is 0 Å². The number of anilines is 1. The van der Waals surface area contributed by atoms with Crippen LogP contribution in [-0.2, 0) is 6.42 Å². The van der Waals surface area contributed by atoms with E-state index in [2.05, 4.69) is 19.1 Å². The van der Waals surface area contributed by atoms with Crippen molar-refractivity contribution in [2.75, 3.05) is 4.90 Å². The number of rotatable bonds is 1. The van der Waals surface area contributed by atoms with Gasteiger partial charge in [0.05, 0.1) is 0 Å². The summed E-state index contributed by atoms with van der Waals surface area (Å²) < 4.78 is 0. The second-order valence-electron chi connectivity index (χ2n) is 6.82. The summed E-state index contributed by atoms with van der Waals surface area (Å²) in [6.07, 6.45) is 2.63. The van der Waals surface area contributed by atoms with E-state index in [0.29, 0.717) is 17.0 Å². The van der Waals surface area contributed by atoms with E-state index in [9.17, 15) is 9.90 Å². The van der Waals surface area contributed by atoms with Crippen molar-refractivity contribution >= 4 is 11.6 Å². The average molecular weight is 307 g/mol. The lowest BCUT2D eigenvalue weighted by atomic mass is 9.84. The molecule has 1 amide bonds. The molecule has 4 rings (SSSR count). The zero-order valence-electron chi connectivity index (χ0n) is 13.5. The van der Waals surface area contributed by atoms with E-state index in [1.54, 1.807) is 0 Å². The molecule has 1 aliphatic heterocycles. The molecular weight excluding hydrogens is 286 g/mol. The summed E-state index contributed by atoms with van der Waals surface area (Å²) >= 11 is 0. The van der Waals surface area contributed by atoms with Crippen LogP contribution in [0.2, 0.25) is 0 Å². The SMILES string of the molecule is Cc1ccc2c(c1)C(O)N(c1ccc3c(c1)C(C)CCC3)C2=O. The van der Waals surface area contributed by atoms with Crippen LogP contribution in [-0.4, -0.2) is 11.0 Å². The maximum Gasteiger partial charge on any atom is 0.261 e. The maximum absolute atomic E-state index is 12.7. The number of fused-ring (bicyclic) bond motifs is 2. The monoisotopic (exact) mass is 307 g/mol. The second kappa shape index (κ2) is 5.20. The lowest BCUT2D eigenvalue weighted by Crippen LogP contribution is -2.27. The summed E-state index contributed by atoms with van der Waals surface area (Å²) in [5.41, 5.74) is 5.86. The van der Waals surface area contributed by atoms with Crippen molar-refractivity contribution in [3.05, 3.63) is 64.2 Å². The van der Waals surface area contributed by atoms with E-state index in [-0.39, 0.29) is 5.91 Å². The van der Waals surface area contributed by atoms with Crippen LogP contribution in [0.3, 0.4) is 0 Å². The van der Waals surface area contributed by atoms with E-state index in [1.807, 2.05) is 31.2 Å². The lowest BCUT2D eigenvalue weighted by molar-refractivity contribution is 0.0935. The van der Waals surface area contributed by atoms with Gasteiger partial charge in [-0.05, 0) is 61.4 Å². The van der Waals surface area contributed by atoms with Crippen LogP contribution in [0, 0.1) is 6.92 Å². The van der Waals surface area contributed by atoms with Gasteiger partial charge in [-0.25, -0.2) is 0 Å². The predicted molar refractivity (Wildman–Crippen MR) is 90.7 cm³/mol. The highest BCUT2D eigenvalue weighted by Crippen LogP contribution is 2.39. The van der Waals surface area contributed by atoms with Gasteiger partial charge in [0.2, 0.25) is 0 Å². The number of aliphatic hydroxyl groups excluding tert-OH is 1. The Morgan fingerprint density at radius 2 is 1.96 bits per heavy atom. The predicted octanol–water partition coefficient (Wildman–Crippen LogP) is 4.09. The zero-order valence-corrected chi connectivity index (χ0v) is 13.5. The van der Waals surface area contributed by atoms with Crippen molar-refractivity contribution < 1.29 is 9.90 Å². The normalized spacial score (nSPS) is 22.9. The molecule has 2 aliphatic rings. The quantitative estimate of drug-likeness (QED) is 0.862. The number of aliphatic hydroxyl groups is 1. The molecular formula is C20H21NO2. The highest BCUT2D eigenvalue weighted by molar-refractivity contribution is 6.10. The first-order chi connectivity index (χ1) is 11.1. The molecule has 2 aromatic rings. The average Bonchev–Trinajstić information content (AvgIpc) is 2.78. The summed E-state index contributed by atoms with van der Waals surface area (Å²) in [6, 6.07) is 11.8. The van der Waals surface area contributed by atoms with Crippen molar-refractivity contribution in [3.63, 3.8) is 0 Å². The van der Waals surface area contributed by atoms with Gasteiger partial charge in [-0.15, -0.1) is 0 Å². The third-order valence-electron chi connectivity index (χ3n) is 5.20. The Kier molecular flexibility index (Phi) is 3.27. The van der Waals surface area contributed by atoms with Crippen molar-refractivity contribution in [2.45, 2.75) is 45.3 Å². The molecule has 0 spiro atoms. The molecule has 0 fully saturated rings. The fourth-order valence-corrected chi connectivity index (χ4v) is 3.90. The van der Waals surface area contributed by atoms with Gasteiger partial charge >= 0.3 is 0 Å². The number of aryl methyl sites for hydroxylation is 2. The maximum atomic E-state index is 12.7. The zero-order chi connectivity index (χ0) is 16.1. The van der Waals surface area contributed by atoms with Crippen LogP contribution in [0.4, 0.5) is 5.69 Å². The van der Waals surface area contributed by atoms with Crippen molar-refractivity contribution in [2.24, 2.45) is 0 Å². The number of carbonyl (C=O) groups is 1. The molecule has 2 atom stereocenters. The minimum atomic E-state index is -0.894. The van der Waals surface area contributed by atoms with Gasteiger partial charge in [-0.1, -0.05) is 30.7 Å². The van der Waals surface area contributed by atoms with Crippen LogP contribution in [0.15, 0.2) is 36.4 Å². The number of benzene rings is 2. The fourth-order valence-electron chi connectivity index (χ4n) is 3.90. The molecule has 0 aromatic heterocycles. The van der Waals surface area contributed by atoms with E-state index < -0.39 is 6.23 Å². The van der Waals surface area contributed by atoms with Gasteiger partial charge in [-0.3, -0.25) is 9.69 Å². The molecule has 1 heterocycles. The summed E-state index contributed by atoms with van der Waals surface area (Å²) in [4.78, 5) is 14.3. The van der Waals surface area contributed by atoms with Crippen LogP contribution in [0.5, 0.6) is 0 Å². The first kappa shape index (κ1) is 14.5. The van der Waals surface area contributed by atoms with E-state index >= 15 is 0 Å². The molecule has 0 saturated carbocycles. The number of hydrogen-bond acceptors (Lipinski definition) is 2. The fraction of sp³-hybridized carbons (Fsp3) is 0.350. The number of hydrogen-bond donors (Lipinski definition) is 1. The third kappa shape index (κ3) is 2.19. The summed E-state index contributed by atoms with van der Waals surface area (Å²) in [6.45, 7) is 4.21. The minimum Gasteiger partial charge on any atom is -0.369 e. The molecule has 0 saturated heterocycles. The Morgan fingerprint density at radius 1 is 1.13 bits per heavy atom. The summed E-state index contributed by atoms with van der Waals surface area (Å²) in [5.74, 6) is 0.397. The smallest absolute Gasteiger partial charge is 0.261 e. The Labute approximate surface area is 136 Å². The largest absolute Gasteiger partial charge is 0.369 e. The van der Waals surface area contributed by atoms with Crippen molar-refractivity contribution in [3.8, 4) is 0 Å². The number of carbonyl (C=O) groups excluding carboxylic acids is 1. The van der Waals surface area contributed by atoms with Gasteiger partial charge in [0.25, 0.3) is 5.91 Å². The molecule has 0 bridgehead atoms. The van der Waals surface area contributed by atoms with Crippen LogP contribution in [0.25, 0.3) is 0 Å². The third-order valence-corrected chi connectivity index (χ3v) is 5.20. The second-order valence-corrected chi connectivity index (χ2v) is 6.82. The Morgan fingerprint density at radius 3 is 2.78 bits per heavy atom. The minimum absolute atomic E-state index is 0.115. The van der Waals surface area contributed by atoms with Crippen LogP contribution < -0.4 is 4.90 Å². The Bertz CT molecular complexity index is 796. The first-order valence-corrected chi connectivity index (χ1v) is 8.31. The highest BCUT2D eigenvalue weighted by Gasteiger charge is 2.37. The molecule has 1 N–H and O–H groups in total. The van der Waals surface area contributed by atoms with E-state index in [1.165, 1.54) is 28.9 Å². The molecule has 0 radical (unpaired) electrons. The van der Waals surface area contributed by atoms with Gasteiger partial charge in [0, 0.05) is 16.8 Å². The van der Waals surface area contributed by atoms with Crippen LogP contribution >= 0.6 is 0 Å². The summed E-state index contributed by atoms with van der Waals surface area (Å²) in [5, 5.41) is 10.7. The molecule has 118 valence electrons. The standard InChI is InChI=1S/C20H21NO2/c1-12-6-9-16-18(10-12)20(23)21(19(16)22)15-8-7-14-5-3-4-13(2)17(14)11-15/h6-11,13,20,23H,3-5H2,1-2H3. The van der Waals surface area contributed by atoms with Crippen molar-refractivity contribution in [1.82, 2.24) is 0 Å². The van der Waals surface area contributed by atoms with Gasteiger partial charge in [-0.2, -0.15) is 0 Å². The molecule has 1 aliphatic carbocycles. The first-order valence-electron chi connectivity index (χ1n) is 8.31. The molecule has 23 heavy (non-hydrogen) atoms. The molecule has 2 aromatic carbocycles. The van der Waals surface area contributed by atoms with Gasteiger partial charge in [0.15, 0.2) is 6.23 Å². The molecule has 3 nitrogen and oxygen atoms in total. The number of nitrogens with zero attached hydrogens (tertiary/aromatic N) is 1. The highest BCUT2D eigenvalue weighted by atomic mass is 16.3. The van der Waals surface area contributed by atoms with Crippen molar-refractivity contribution in [1.29, 1.82) is 0 Å². The molecule has 3 heteroatoms. The lowest BCUT2D eigenvalue weighted by Gasteiger charge is -2.26. The van der Waals surface area contributed by atoms with E-state index in [0.717, 1.165) is 17.7 Å². The summed E-state index contributed by atoms with van der Waals surface area (Å²) in [7, 11) is 0. The topological polar surface area (TPSA) is 40.5 Å². The van der Waals surface area contributed by atoms with Gasteiger partial charge < -0.3 is 5.11 Å².